The number of anilines is 1. The van der Waals surface area contributed by atoms with Crippen molar-refractivity contribution in [2.24, 2.45) is 0 Å². The largest absolute Gasteiger partial charge is 0.325 e. The number of H-pyrrole nitrogens is 1. The Morgan fingerprint density at radius 2 is 1.92 bits per heavy atom. The quantitative estimate of drug-likeness (QED) is 0.608. The van der Waals surface area contributed by atoms with Crippen LogP contribution in [0.25, 0.3) is 0 Å². The molecule has 0 aliphatic rings. The van der Waals surface area contributed by atoms with Crippen LogP contribution in [0.1, 0.15) is 45.4 Å². The van der Waals surface area contributed by atoms with E-state index in [1.165, 1.54) is 23.4 Å². The van der Waals surface area contributed by atoms with Crippen LogP contribution in [-0.2, 0) is 16.6 Å². The van der Waals surface area contributed by atoms with Crippen LogP contribution in [0.4, 0.5) is 5.69 Å². The maximum absolute atomic E-state index is 12.1. The molecule has 0 radical (unpaired) electrons. The van der Waals surface area contributed by atoms with E-state index in [4.69, 9.17) is 0 Å². The van der Waals surface area contributed by atoms with Gasteiger partial charge in [0.15, 0.2) is 5.16 Å². The molecule has 2 N–H and O–H groups in total. The summed E-state index contributed by atoms with van der Waals surface area (Å²) >= 11 is 1.23. The summed E-state index contributed by atoms with van der Waals surface area (Å²) in [6.45, 7) is 8.49. The number of aromatic nitrogens is 2. The number of hydrogen-bond donors (Lipinski definition) is 2. The first-order valence-corrected chi connectivity index (χ1v) is 9.40. The topological polar surface area (TPSA) is 74.8 Å². The third-order valence-electron chi connectivity index (χ3n) is 3.65. The summed E-state index contributed by atoms with van der Waals surface area (Å²) in [4.78, 5) is 30.8. The van der Waals surface area contributed by atoms with Gasteiger partial charge in [-0.1, -0.05) is 58.0 Å². The van der Waals surface area contributed by atoms with Gasteiger partial charge >= 0.3 is 0 Å². The molecular weight excluding hydrogens is 334 g/mol. The molecule has 1 heterocycles. The number of amides is 1. The van der Waals surface area contributed by atoms with Crippen molar-refractivity contribution in [2.45, 2.75) is 51.1 Å². The minimum Gasteiger partial charge on any atom is -0.325 e. The van der Waals surface area contributed by atoms with Crippen LogP contribution in [-0.4, -0.2) is 21.6 Å². The van der Waals surface area contributed by atoms with E-state index in [9.17, 15) is 9.59 Å². The first kappa shape index (κ1) is 19.2. The Balaban J connectivity index is 1.94. The molecule has 134 valence electrons. The second-order valence-electron chi connectivity index (χ2n) is 6.96. The molecule has 1 aromatic heterocycles. The summed E-state index contributed by atoms with van der Waals surface area (Å²) < 4.78 is 0. The van der Waals surface area contributed by atoms with Crippen molar-refractivity contribution in [1.82, 2.24) is 9.97 Å². The Bertz CT molecular complexity index is 776. The van der Waals surface area contributed by atoms with Gasteiger partial charge in [-0.3, -0.25) is 9.59 Å². The smallest absolute Gasteiger partial charge is 0.251 e. The highest BCUT2D eigenvalue weighted by molar-refractivity contribution is 7.99. The van der Waals surface area contributed by atoms with Crippen LogP contribution in [0, 0.1) is 0 Å². The van der Waals surface area contributed by atoms with Gasteiger partial charge in [0.1, 0.15) is 0 Å². The second-order valence-corrected chi connectivity index (χ2v) is 7.92. The Morgan fingerprint density at radius 1 is 1.24 bits per heavy atom. The summed E-state index contributed by atoms with van der Waals surface area (Å²) in [7, 11) is 0. The van der Waals surface area contributed by atoms with Gasteiger partial charge in [-0.25, -0.2) is 4.98 Å². The van der Waals surface area contributed by atoms with Gasteiger partial charge in [-0.15, -0.1) is 0 Å². The third-order valence-corrected chi connectivity index (χ3v) is 4.53. The zero-order valence-corrected chi connectivity index (χ0v) is 16.0. The Labute approximate surface area is 152 Å². The molecule has 0 aliphatic carbocycles. The molecular formula is C19H25N3O2S. The number of nitrogens with zero attached hydrogens (tertiary/aromatic N) is 1. The minimum absolute atomic E-state index is 0.0828. The predicted molar refractivity (Wildman–Crippen MR) is 103 cm³/mol. The van der Waals surface area contributed by atoms with E-state index in [1.807, 2.05) is 31.2 Å². The number of aromatic amines is 1. The molecule has 5 nitrogen and oxygen atoms in total. The van der Waals surface area contributed by atoms with Crippen LogP contribution < -0.4 is 10.9 Å². The fraction of sp³-hybridized carbons (Fsp3) is 0.421. The van der Waals surface area contributed by atoms with Crippen molar-refractivity contribution < 1.29 is 4.79 Å². The lowest BCUT2D eigenvalue weighted by Gasteiger charge is -2.19. The average molecular weight is 359 g/mol. The van der Waals surface area contributed by atoms with Gasteiger partial charge in [0.25, 0.3) is 5.56 Å². The maximum Gasteiger partial charge on any atom is 0.251 e. The van der Waals surface area contributed by atoms with Crippen LogP contribution in [0.15, 0.2) is 40.3 Å². The van der Waals surface area contributed by atoms with Crippen molar-refractivity contribution in [3.8, 4) is 0 Å². The molecule has 0 aliphatic heterocycles. The van der Waals surface area contributed by atoms with Gasteiger partial charge in [-0.05, 0) is 29.5 Å². The van der Waals surface area contributed by atoms with Gasteiger partial charge in [0, 0.05) is 17.4 Å². The summed E-state index contributed by atoms with van der Waals surface area (Å²) in [5.41, 5.74) is 2.64. The monoisotopic (exact) mass is 359 g/mol. The normalized spacial score (nSPS) is 11.4. The highest BCUT2D eigenvalue weighted by Gasteiger charge is 2.13. The molecule has 6 heteroatoms. The van der Waals surface area contributed by atoms with Crippen molar-refractivity contribution in [2.75, 3.05) is 11.1 Å². The molecule has 1 aromatic carbocycles. The maximum atomic E-state index is 12.1. The average Bonchev–Trinajstić information content (AvgIpc) is 2.52. The number of hydrogen-bond acceptors (Lipinski definition) is 4. The Hall–Kier alpha value is -2.08. The van der Waals surface area contributed by atoms with Gasteiger partial charge in [-0.2, -0.15) is 0 Å². The molecule has 0 spiro atoms. The number of carbonyl (C=O) groups is 1. The summed E-state index contributed by atoms with van der Waals surface area (Å²) in [5.74, 6) is 0.0663. The zero-order valence-electron chi connectivity index (χ0n) is 15.2. The lowest BCUT2D eigenvalue weighted by atomic mass is 9.87. The molecule has 0 saturated carbocycles. The Morgan fingerprint density at radius 3 is 2.52 bits per heavy atom. The van der Waals surface area contributed by atoms with Crippen LogP contribution >= 0.6 is 11.8 Å². The van der Waals surface area contributed by atoms with Crippen molar-refractivity contribution in [3.05, 3.63) is 51.9 Å². The Kier molecular flexibility index (Phi) is 6.42. The predicted octanol–water partition coefficient (Wildman–Crippen LogP) is 3.75. The van der Waals surface area contributed by atoms with Crippen molar-refractivity contribution in [3.63, 3.8) is 0 Å². The van der Waals surface area contributed by atoms with Gasteiger partial charge in [0.05, 0.1) is 5.75 Å². The lowest BCUT2D eigenvalue weighted by molar-refractivity contribution is -0.113. The number of rotatable bonds is 6. The summed E-state index contributed by atoms with van der Waals surface area (Å²) in [6.07, 6.45) is 1.68. The fourth-order valence-corrected chi connectivity index (χ4v) is 3.02. The molecule has 0 unspecified atom stereocenters. The van der Waals surface area contributed by atoms with Crippen molar-refractivity contribution >= 4 is 23.4 Å². The minimum atomic E-state index is -0.181. The molecule has 2 rings (SSSR count). The highest BCUT2D eigenvalue weighted by atomic mass is 32.2. The van der Waals surface area contributed by atoms with E-state index in [1.54, 1.807) is 0 Å². The van der Waals surface area contributed by atoms with Gasteiger partial charge in [0.2, 0.25) is 5.91 Å². The fourth-order valence-electron chi connectivity index (χ4n) is 2.32. The molecule has 25 heavy (non-hydrogen) atoms. The molecule has 0 fully saturated rings. The van der Waals surface area contributed by atoms with Gasteiger partial charge < -0.3 is 10.3 Å². The number of carbonyl (C=O) groups excluding carboxylic acids is 1. The van der Waals surface area contributed by atoms with E-state index in [2.05, 4.69) is 36.1 Å². The highest BCUT2D eigenvalue weighted by Crippen LogP contribution is 2.23. The number of benzene rings is 1. The number of nitrogens with one attached hydrogen (secondary N) is 2. The van der Waals surface area contributed by atoms with Crippen LogP contribution in [0.5, 0.6) is 0 Å². The standard InChI is InChI=1S/C19H25N3O2S/c1-5-6-15-11-16(23)22-18(21-15)25-12-17(24)20-14-9-7-13(8-10-14)19(2,3)4/h7-11H,5-6,12H2,1-4H3,(H,20,24)(H,21,22,23). The molecule has 0 bridgehead atoms. The SMILES string of the molecule is CCCc1cc(=O)[nH]c(SCC(=O)Nc2ccc(C(C)(C)C)cc2)n1. The summed E-state index contributed by atoms with van der Waals surface area (Å²) in [6, 6.07) is 9.37. The number of thioether (sulfide) groups is 1. The van der Waals surface area contributed by atoms with Crippen LogP contribution in [0.3, 0.4) is 0 Å². The zero-order chi connectivity index (χ0) is 18.4. The van der Waals surface area contributed by atoms with Crippen molar-refractivity contribution in [1.29, 1.82) is 0 Å². The second kappa shape index (κ2) is 8.34. The van der Waals surface area contributed by atoms with E-state index in [0.29, 0.717) is 5.16 Å². The number of aryl methyl sites for hydroxylation is 1. The molecule has 1 amide bonds. The van der Waals surface area contributed by atoms with E-state index in [0.717, 1.165) is 24.2 Å². The summed E-state index contributed by atoms with van der Waals surface area (Å²) in [5, 5.41) is 3.35. The lowest BCUT2D eigenvalue weighted by Crippen LogP contribution is -2.16. The van der Waals surface area contributed by atoms with Crippen LogP contribution in [0.2, 0.25) is 0 Å². The third kappa shape index (κ3) is 6.05. The molecule has 0 atom stereocenters. The van der Waals surface area contributed by atoms with E-state index < -0.39 is 0 Å². The first-order chi connectivity index (χ1) is 11.8. The first-order valence-electron chi connectivity index (χ1n) is 8.41. The molecule has 2 aromatic rings. The van der Waals surface area contributed by atoms with E-state index in [-0.39, 0.29) is 22.6 Å². The molecule has 0 saturated heterocycles. The van der Waals surface area contributed by atoms with E-state index >= 15 is 0 Å².